The molecule has 128 valence electrons. The molecule has 0 heterocycles. The monoisotopic (exact) mass is 306 g/mol. The van der Waals surface area contributed by atoms with E-state index in [1.807, 2.05) is 0 Å². The second-order valence-electron chi connectivity index (χ2n) is 5.96. The molecule has 0 fully saturated rings. The molecule has 0 aromatic rings. The van der Waals surface area contributed by atoms with Gasteiger partial charge in [0.25, 0.3) is 0 Å². The van der Waals surface area contributed by atoms with E-state index in [0.29, 0.717) is 12.8 Å². The summed E-state index contributed by atoms with van der Waals surface area (Å²) >= 11 is 0. The van der Waals surface area contributed by atoms with Crippen molar-refractivity contribution in [1.82, 2.24) is 0 Å². The average molecular weight is 306 g/mol. The summed E-state index contributed by atoms with van der Waals surface area (Å²) in [6.45, 7) is 7.70. The number of aliphatic hydroxyl groups excluding tert-OH is 2. The van der Waals surface area contributed by atoms with Gasteiger partial charge in [-0.2, -0.15) is 0 Å². The number of unbranched alkanes of at least 4 members (excludes halogenated alkanes) is 2. The molecule has 0 amide bonds. The fourth-order valence-electron chi connectivity index (χ4n) is 2.17. The molecule has 0 aromatic carbocycles. The van der Waals surface area contributed by atoms with Gasteiger partial charge in [-0.15, -0.1) is 0 Å². The smallest absolute Gasteiger partial charge is 0.0985 e. The van der Waals surface area contributed by atoms with Crippen LogP contribution in [0.4, 0.5) is 0 Å². The lowest BCUT2D eigenvalue weighted by Crippen LogP contribution is -2.23. The van der Waals surface area contributed by atoms with Crippen molar-refractivity contribution in [2.24, 2.45) is 0 Å². The van der Waals surface area contributed by atoms with Gasteiger partial charge in [0.1, 0.15) is 0 Å². The van der Waals surface area contributed by atoms with Crippen molar-refractivity contribution in [2.75, 3.05) is 0 Å². The first-order chi connectivity index (χ1) is 9.99. The molecule has 0 aliphatic rings. The Kier molecular flexibility index (Phi) is 13.3. The fourth-order valence-corrected chi connectivity index (χ4v) is 2.17. The van der Waals surface area contributed by atoms with Crippen molar-refractivity contribution in [3.05, 3.63) is 0 Å². The number of hydrogen-bond acceptors (Lipinski definition) is 5. The first kappa shape index (κ1) is 20.8. The summed E-state index contributed by atoms with van der Waals surface area (Å²) in [4.78, 5) is 10.6. The zero-order valence-electron chi connectivity index (χ0n) is 14.1. The highest BCUT2D eigenvalue weighted by Gasteiger charge is 2.17. The minimum absolute atomic E-state index is 0.164. The van der Waals surface area contributed by atoms with Gasteiger partial charge in [-0.25, -0.2) is 9.78 Å². The summed E-state index contributed by atoms with van der Waals surface area (Å²) in [5.74, 6) is 0. The Bertz CT molecular complexity index is 199. The second-order valence-corrected chi connectivity index (χ2v) is 5.96. The van der Waals surface area contributed by atoms with Gasteiger partial charge in [0.05, 0.1) is 24.4 Å². The maximum atomic E-state index is 9.46. The maximum Gasteiger partial charge on any atom is 0.0985 e. The highest BCUT2D eigenvalue weighted by Crippen LogP contribution is 2.15. The Balaban J connectivity index is 4.08. The van der Waals surface area contributed by atoms with E-state index >= 15 is 0 Å². The molecule has 0 radical (unpaired) electrons. The standard InChI is InChI=1S/C16H34O5/c1-5-7-9-15(11-13(3)17)19-21-20-16(10-8-6-2)12-14(4)18/h13-18H,5-12H2,1-4H3. The van der Waals surface area contributed by atoms with E-state index in [1.165, 1.54) is 0 Å². The summed E-state index contributed by atoms with van der Waals surface area (Å²) in [6, 6.07) is 0. The average Bonchev–Trinajstić information content (AvgIpc) is 2.40. The third-order valence-electron chi connectivity index (χ3n) is 3.32. The summed E-state index contributed by atoms with van der Waals surface area (Å²) < 4.78 is 0. The molecule has 0 saturated heterocycles. The Labute approximate surface area is 129 Å². The van der Waals surface area contributed by atoms with Crippen molar-refractivity contribution in [1.29, 1.82) is 0 Å². The molecule has 0 saturated carbocycles. The molecule has 0 aromatic heterocycles. The molecule has 2 N–H and O–H groups in total. The van der Waals surface area contributed by atoms with E-state index in [0.717, 1.165) is 38.5 Å². The van der Waals surface area contributed by atoms with E-state index < -0.39 is 12.2 Å². The lowest BCUT2D eigenvalue weighted by Gasteiger charge is -2.20. The van der Waals surface area contributed by atoms with Crippen molar-refractivity contribution in [2.45, 2.75) is 103 Å². The molecule has 0 rings (SSSR count). The van der Waals surface area contributed by atoms with Crippen LogP contribution in [0.3, 0.4) is 0 Å². The molecule has 0 bridgehead atoms. The highest BCUT2D eigenvalue weighted by molar-refractivity contribution is 4.61. The third kappa shape index (κ3) is 13.2. The molecular weight excluding hydrogens is 272 g/mol. The molecule has 4 unspecified atom stereocenters. The van der Waals surface area contributed by atoms with E-state index in [4.69, 9.17) is 14.8 Å². The van der Waals surface area contributed by atoms with Crippen LogP contribution in [0, 0.1) is 0 Å². The summed E-state index contributed by atoms with van der Waals surface area (Å²) in [5, 5.41) is 23.8. The van der Waals surface area contributed by atoms with E-state index in [2.05, 4.69) is 13.8 Å². The Hall–Kier alpha value is -0.200. The van der Waals surface area contributed by atoms with Crippen LogP contribution in [0.15, 0.2) is 0 Å². The Morgan fingerprint density at radius 2 is 1.14 bits per heavy atom. The number of hydrogen-bond donors (Lipinski definition) is 2. The molecule has 5 heteroatoms. The van der Waals surface area contributed by atoms with Gasteiger partial charge < -0.3 is 10.2 Å². The Morgan fingerprint density at radius 1 is 0.762 bits per heavy atom. The lowest BCUT2D eigenvalue weighted by atomic mass is 10.1. The molecular formula is C16H34O5. The predicted octanol–water partition coefficient (Wildman–Crippen LogP) is 3.53. The van der Waals surface area contributed by atoms with Crippen LogP contribution < -0.4 is 0 Å². The van der Waals surface area contributed by atoms with Gasteiger partial charge in [0.2, 0.25) is 0 Å². The topological polar surface area (TPSA) is 68.2 Å². The van der Waals surface area contributed by atoms with Gasteiger partial charge >= 0.3 is 0 Å². The minimum Gasteiger partial charge on any atom is -0.393 e. The predicted molar refractivity (Wildman–Crippen MR) is 82.5 cm³/mol. The minimum atomic E-state index is -0.427. The van der Waals surface area contributed by atoms with Crippen LogP contribution in [0.2, 0.25) is 0 Å². The van der Waals surface area contributed by atoms with Crippen molar-refractivity contribution < 1.29 is 25.0 Å². The first-order valence-electron chi connectivity index (χ1n) is 8.34. The molecule has 5 nitrogen and oxygen atoms in total. The van der Waals surface area contributed by atoms with Crippen LogP contribution in [-0.4, -0.2) is 34.6 Å². The second kappa shape index (κ2) is 13.5. The van der Waals surface area contributed by atoms with E-state index in [1.54, 1.807) is 13.8 Å². The van der Waals surface area contributed by atoms with E-state index in [-0.39, 0.29) is 12.2 Å². The van der Waals surface area contributed by atoms with E-state index in [9.17, 15) is 10.2 Å². The maximum absolute atomic E-state index is 9.46. The van der Waals surface area contributed by atoms with Crippen LogP contribution in [0.25, 0.3) is 0 Å². The van der Waals surface area contributed by atoms with Gasteiger partial charge in [0, 0.05) is 12.8 Å². The molecule has 4 atom stereocenters. The lowest BCUT2D eigenvalue weighted by molar-refractivity contribution is -0.541. The number of aliphatic hydroxyl groups is 2. The fraction of sp³-hybridized carbons (Fsp3) is 1.00. The molecule has 0 aliphatic heterocycles. The molecule has 0 spiro atoms. The van der Waals surface area contributed by atoms with Crippen molar-refractivity contribution >= 4 is 0 Å². The van der Waals surface area contributed by atoms with Gasteiger partial charge in [-0.3, -0.25) is 0 Å². The number of rotatable bonds is 14. The summed E-state index contributed by atoms with van der Waals surface area (Å²) in [6.07, 6.45) is 5.73. The van der Waals surface area contributed by atoms with Gasteiger partial charge in [0.15, 0.2) is 0 Å². The summed E-state index contributed by atoms with van der Waals surface area (Å²) in [5.41, 5.74) is 0. The van der Waals surface area contributed by atoms with Crippen LogP contribution >= 0.6 is 0 Å². The Morgan fingerprint density at radius 3 is 1.43 bits per heavy atom. The van der Waals surface area contributed by atoms with Crippen molar-refractivity contribution in [3.63, 3.8) is 0 Å². The van der Waals surface area contributed by atoms with Crippen molar-refractivity contribution in [3.8, 4) is 0 Å². The first-order valence-corrected chi connectivity index (χ1v) is 8.34. The SMILES string of the molecule is CCCCC(CC(C)O)OOOC(CCCC)CC(C)O. The molecule has 0 aliphatic carbocycles. The van der Waals surface area contributed by atoms with Crippen LogP contribution in [-0.2, 0) is 14.8 Å². The largest absolute Gasteiger partial charge is 0.393 e. The van der Waals surface area contributed by atoms with Crippen LogP contribution in [0.1, 0.15) is 79.1 Å². The van der Waals surface area contributed by atoms with Gasteiger partial charge in [-0.05, 0) is 26.7 Å². The zero-order chi connectivity index (χ0) is 16.1. The van der Waals surface area contributed by atoms with Crippen LogP contribution in [0.5, 0.6) is 0 Å². The highest BCUT2D eigenvalue weighted by atomic mass is 17.5. The normalized spacial score (nSPS) is 17.4. The quantitative estimate of drug-likeness (QED) is 0.379. The zero-order valence-corrected chi connectivity index (χ0v) is 14.1. The summed E-state index contributed by atoms with van der Waals surface area (Å²) in [7, 11) is 0. The molecule has 21 heavy (non-hydrogen) atoms. The third-order valence-corrected chi connectivity index (χ3v) is 3.32. The van der Waals surface area contributed by atoms with Gasteiger partial charge in [-0.1, -0.05) is 44.6 Å².